The number of carbonyl (C=O) groups is 1. The summed E-state index contributed by atoms with van der Waals surface area (Å²) in [6.45, 7) is 5.73. The van der Waals surface area contributed by atoms with E-state index in [1.807, 2.05) is 57.2 Å². The second-order valence-corrected chi connectivity index (χ2v) is 8.20. The number of amides is 1. The highest BCUT2D eigenvalue weighted by molar-refractivity contribution is 7.17. The normalized spacial score (nSPS) is 10.8. The molecule has 164 valence electrons. The van der Waals surface area contributed by atoms with Gasteiger partial charge in [-0.3, -0.25) is 4.79 Å². The van der Waals surface area contributed by atoms with Crippen molar-refractivity contribution >= 4 is 22.9 Å². The number of hydrogen-bond acceptors (Lipinski definition) is 7. The molecule has 4 aromatic rings. The van der Waals surface area contributed by atoms with Crippen LogP contribution < -0.4 is 14.8 Å². The van der Waals surface area contributed by atoms with Crippen LogP contribution in [0.5, 0.6) is 11.5 Å². The fourth-order valence-corrected chi connectivity index (χ4v) is 4.29. The van der Waals surface area contributed by atoms with E-state index in [1.54, 1.807) is 25.1 Å². The van der Waals surface area contributed by atoms with Gasteiger partial charge in [-0.2, -0.15) is 5.10 Å². The zero-order chi connectivity index (χ0) is 22.8. The number of anilines is 1. The summed E-state index contributed by atoms with van der Waals surface area (Å²) in [5, 5.41) is 8.05. The van der Waals surface area contributed by atoms with Gasteiger partial charge in [0.15, 0.2) is 17.3 Å². The zero-order valence-electron chi connectivity index (χ0n) is 18.5. The number of benzene rings is 1. The smallest absolute Gasteiger partial charge is 0.267 e. The molecule has 32 heavy (non-hydrogen) atoms. The minimum atomic E-state index is -0.229. The topological polar surface area (TPSA) is 91.2 Å². The fraction of sp³-hybridized carbons (Fsp3) is 0.217. The molecule has 8 nitrogen and oxygen atoms in total. The summed E-state index contributed by atoms with van der Waals surface area (Å²) in [5.74, 6) is 1.71. The predicted molar refractivity (Wildman–Crippen MR) is 124 cm³/mol. The van der Waals surface area contributed by atoms with Crippen molar-refractivity contribution in [3.63, 3.8) is 0 Å². The monoisotopic (exact) mass is 449 g/mol. The average molecular weight is 450 g/mol. The Labute approximate surface area is 189 Å². The number of nitrogens with zero attached hydrogens (tertiary/aromatic N) is 4. The summed E-state index contributed by atoms with van der Waals surface area (Å²) in [6.07, 6.45) is 1.62. The summed E-state index contributed by atoms with van der Waals surface area (Å²) in [5.41, 5.74) is 4.03. The van der Waals surface area contributed by atoms with Crippen molar-refractivity contribution in [3.05, 3.63) is 64.6 Å². The Kier molecular flexibility index (Phi) is 5.91. The van der Waals surface area contributed by atoms with E-state index in [0.29, 0.717) is 33.6 Å². The van der Waals surface area contributed by atoms with Crippen LogP contribution in [0.15, 0.2) is 42.6 Å². The molecule has 0 radical (unpaired) electrons. The minimum Gasteiger partial charge on any atom is -0.493 e. The lowest BCUT2D eigenvalue weighted by Crippen LogP contribution is -2.12. The van der Waals surface area contributed by atoms with Crippen molar-refractivity contribution in [2.24, 2.45) is 0 Å². The maximum absolute atomic E-state index is 12.9. The van der Waals surface area contributed by atoms with Crippen molar-refractivity contribution in [2.75, 3.05) is 19.5 Å². The largest absolute Gasteiger partial charge is 0.493 e. The first kappa shape index (κ1) is 21.5. The Balaban J connectivity index is 1.53. The third kappa shape index (κ3) is 4.19. The van der Waals surface area contributed by atoms with Gasteiger partial charge in [0.1, 0.15) is 9.88 Å². The van der Waals surface area contributed by atoms with Gasteiger partial charge in [0.25, 0.3) is 5.91 Å². The van der Waals surface area contributed by atoms with Crippen molar-refractivity contribution in [1.82, 2.24) is 19.7 Å². The van der Waals surface area contributed by atoms with Crippen LogP contribution in [0.4, 0.5) is 5.69 Å². The number of hydrogen-bond donors (Lipinski definition) is 1. The van der Waals surface area contributed by atoms with E-state index in [9.17, 15) is 4.79 Å². The number of ether oxygens (including phenoxy) is 2. The molecule has 3 heterocycles. The van der Waals surface area contributed by atoms with Gasteiger partial charge in [0.2, 0.25) is 0 Å². The van der Waals surface area contributed by atoms with Crippen LogP contribution >= 0.6 is 11.3 Å². The first-order valence-corrected chi connectivity index (χ1v) is 10.7. The van der Waals surface area contributed by atoms with Crippen LogP contribution in [0.2, 0.25) is 0 Å². The average Bonchev–Trinajstić information content (AvgIpc) is 3.35. The standard InChI is InChI=1S/C23H23N5O3S/c1-13-10-14(2)28(27-13)20-9-7-17(12-24-20)26-22(29)21-15(3)25-23(32-21)16-6-8-18(30-4)19(11-16)31-5/h6-12H,1-5H3,(H,26,29). The third-order valence-corrected chi connectivity index (χ3v) is 6.07. The first-order valence-electron chi connectivity index (χ1n) is 9.90. The zero-order valence-corrected chi connectivity index (χ0v) is 19.3. The summed E-state index contributed by atoms with van der Waals surface area (Å²) >= 11 is 1.32. The van der Waals surface area contributed by atoms with E-state index < -0.39 is 0 Å². The Morgan fingerprint density at radius 2 is 1.81 bits per heavy atom. The number of methoxy groups -OCH3 is 2. The molecule has 3 aromatic heterocycles. The molecule has 0 atom stereocenters. The van der Waals surface area contributed by atoms with Crippen molar-refractivity contribution in [3.8, 4) is 27.9 Å². The van der Waals surface area contributed by atoms with Crippen LogP contribution in [0.25, 0.3) is 16.4 Å². The molecule has 0 unspecified atom stereocenters. The molecule has 0 fully saturated rings. The van der Waals surface area contributed by atoms with E-state index >= 15 is 0 Å². The van der Waals surface area contributed by atoms with E-state index in [0.717, 1.165) is 22.0 Å². The maximum Gasteiger partial charge on any atom is 0.267 e. The minimum absolute atomic E-state index is 0.229. The lowest BCUT2D eigenvalue weighted by Gasteiger charge is -2.08. The summed E-state index contributed by atoms with van der Waals surface area (Å²) in [7, 11) is 3.17. The third-order valence-electron chi connectivity index (χ3n) is 4.87. The van der Waals surface area contributed by atoms with Gasteiger partial charge < -0.3 is 14.8 Å². The summed E-state index contributed by atoms with van der Waals surface area (Å²) < 4.78 is 12.4. The Hall–Kier alpha value is -3.72. The van der Waals surface area contributed by atoms with Crippen LogP contribution in [0, 0.1) is 20.8 Å². The quantitative estimate of drug-likeness (QED) is 0.463. The second kappa shape index (κ2) is 8.80. The van der Waals surface area contributed by atoms with Crippen molar-refractivity contribution < 1.29 is 14.3 Å². The van der Waals surface area contributed by atoms with E-state index in [4.69, 9.17) is 9.47 Å². The van der Waals surface area contributed by atoms with Gasteiger partial charge in [-0.15, -0.1) is 11.3 Å². The molecule has 1 amide bonds. The van der Waals surface area contributed by atoms with Gasteiger partial charge >= 0.3 is 0 Å². The molecule has 0 saturated heterocycles. The highest BCUT2D eigenvalue weighted by atomic mass is 32.1. The molecule has 0 bridgehead atoms. The van der Waals surface area contributed by atoms with Gasteiger partial charge in [0, 0.05) is 11.3 Å². The number of thiazole rings is 1. The molecule has 1 aromatic carbocycles. The summed E-state index contributed by atoms with van der Waals surface area (Å²) in [6, 6.07) is 11.2. The van der Waals surface area contributed by atoms with Gasteiger partial charge in [-0.05, 0) is 57.2 Å². The maximum atomic E-state index is 12.9. The van der Waals surface area contributed by atoms with Crippen LogP contribution in [0.1, 0.15) is 26.8 Å². The van der Waals surface area contributed by atoms with Gasteiger partial charge in [-0.25, -0.2) is 14.6 Å². The number of aromatic nitrogens is 4. The molecular formula is C23H23N5O3S. The van der Waals surface area contributed by atoms with Gasteiger partial charge in [-0.1, -0.05) is 0 Å². The molecule has 9 heteroatoms. The lowest BCUT2D eigenvalue weighted by atomic mass is 10.2. The number of rotatable bonds is 6. The SMILES string of the molecule is COc1ccc(-c2nc(C)c(C(=O)Nc3ccc(-n4nc(C)cc4C)nc3)s2)cc1OC. The molecule has 0 aliphatic rings. The van der Waals surface area contributed by atoms with Crippen LogP contribution in [0.3, 0.4) is 0 Å². The number of carbonyl (C=O) groups excluding carboxylic acids is 1. The highest BCUT2D eigenvalue weighted by Crippen LogP contribution is 2.35. The predicted octanol–water partition coefficient (Wildman–Crippen LogP) is 4.59. The van der Waals surface area contributed by atoms with Gasteiger partial charge in [0.05, 0.1) is 37.5 Å². The second-order valence-electron chi connectivity index (χ2n) is 7.20. The molecule has 1 N–H and O–H groups in total. The number of aryl methyl sites for hydroxylation is 3. The molecule has 0 saturated carbocycles. The van der Waals surface area contributed by atoms with Crippen LogP contribution in [-0.4, -0.2) is 39.9 Å². The molecule has 0 spiro atoms. The molecular weight excluding hydrogens is 426 g/mol. The van der Waals surface area contributed by atoms with Crippen LogP contribution in [-0.2, 0) is 0 Å². The van der Waals surface area contributed by atoms with Crippen molar-refractivity contribution in [2.45, 2.75) is 20.8 Å². The Morgan fingerprint density at radius 1 is 1.03 bits per heavy atom. The number of nitrogens with one attached hydrogen (secondary N) is 1. The molecule has 0 aliphatic carbocycles. The molecule has 4 rings (SSSR count). The Morgan fingerprint density at radius 3 is 2.44 bits per heavy atom. The fourth-order valence-electron chi connectivity index (χ4n) is 3.33. The lowest BCUT2D eigenvalue weighted by molar-refractivity contribution is 0.102. The number of pyridine rings is 1. The van der Waals surface area contributed by atoms with E-state index in [2.05, 4.69) is 20.4 Å². The highest BCUT2D eigenvalue weighted by Gasteiger charge is 2.18. The van der Waals surface area contributed by atoms with E-state index in [-0.39, 0.29) is 5.91 Å². The molecule has 0 aliphatic heterocycles. The van der Waals surface area contributed by atoms with E-state index in [1.165, 1.54) is 11.3 Å². The Bertz CT molecular complexity index is 1280. The van der Waals surface area contributed by atoms with Crippen molar-refractivity contribution in [1.29, 1.82) is 0 Å². The summed E-state index contributed by atoms with van der Waals surface area (Å²) in [4.78, 5) is 22.4. The first-order chi connectivity index (χ1) is 15.4.